The Morgan fingerprint density at radius 2 is 2.22 bits per heavy atom. The van der Waals surface area contributed by atoms with Gasteiger partial charge in [0.25, 0.3) is 0 Å². The Balaban J connectivity index is 2.34. The average Bonchev–Trinajstić information content (AvgIpc) is 2.29. The first kappa shape index (κ1) is 14.8. The molecule has 1 aliphatic heterocycles. The zero-order valence-corrected chi connectivity index (χ0v) is 11.0. The minimum atomic E-state index is -0.884. The van der Waals surface area contributed by atoms with Crippen LogP contribution in [0, 0.1) is 5.92 Å². The van der Waals surface area contributed by atoms with Crippen molar-refractivity contribution in [1.82, 2.24) is 10.6 Å². The molecule has 1 aliphatic rings. The maximum absolute atomic E-state index is 11.7. The summed E-state index contributed by atoms with van der Waals surface area (Å²) < 4.78 is 5.33. The molecule has 0 aromatic heterocycles. The van der Waals surface area contributed by atoms with Crippen molar-refractivity contribution in [2.75, 3.05) is 19.8 Å². The summed E-state index contributed by atoms with van der Waals surface area (Å²) in [5.74, 6) is -1.42. The number of urea groups is 1. The maximum Gasteiger partial charge on any atom is 0.315 e. The lowest BCUT2D eigenvalue weighted by molar-refractivity contribution is -0.141. The summed E-state index contributed by atoms with van der Waals surface area (Å²) in [6.45, 7) is 5.09. The molecule has 0 saturated carbocycles. The summed E-state index contributed by atoms with van der Waals surface area (Å²) in [4.78, 5) is 22.5. The fraction of sp³-hybridized carbons (Fsp3) is 0.833. The largest absolute Gasteiger partial charge is 0.481 e. The Morgan fingerprint density at radius 3 is 2.72 bits per heavy atom. The number of carboxylic acids is 1. The summed E-state index contributed by atoms with van der Waals surface area (Å²) >= 11 is 0. The molecule has 0 spiro atoms. The highest BCUT2D eigenvalue weighted by Crippen LogP contribution is 2.17. The molecule has 3 N–H and O–H groups in total. The summed E-state index contributed by atoms with van der Waals surface area (Å²) in [5, 5.41) is 14.3. The predicted octanol–water partition coefficient (Wildman–Crippen LogP) is 0.965. The van der Waals surface area contributed by atoms with Crippen molar-refractivity contribution in [3.05, 3.63) is 0 Å². The van der Waals surface area contributed by atoms with Gasteiger partial charge >= 0.3 is 12.0 Å². The first-order valence-electron chi connectivity index (χ1n) is 6.33. The van der Waals surface area contributed by atoms with Crippen molar-refractivity contribution in [3.63, 3.8) is 0 Å². The van der Waals surface area contributed by atoms with Crippen LogP contribution in [0.3, 0.4) is 0 Å². The highest BCUT2D eigenvalue weighted by atomic mass is 16.5. The minimum absolute atomic E-state index is 0.147. The molecule has 2 unspecified atom stereocenters. The zero-order valence-electron chi connectivity index (χ0n) is 11.0. The van der Waals surface area contributed by atoms with E-state index in [9.17, 15) is 9.59 Å². The van der Waals surface area contributed by atoms with E-state index >= 15 is 0 Å². The number of hydrogen-bond donors (Lipinski definition) is 3. The van der Waals surface area contributed by atoms with E-state index in [1.54, 1.807) is 6.92 Å². The normalized spacial score (nSPS) is 25.2. The van der Waals surface area contributed by atoms with E-state index in [1.807, 2.05) is 6.92 Å². The average molecular weight is 258 g/mol. The molecule has 2 atom stereocenters. The molecule has 1 rings (SSSR count). The van der Waals surface area contributed by atoms with E-state index < -0.39 is 11.9 Å². The monoisotopic (exact) mass is 258 g/mol. The molecular formula is C12H22N2O4. The molecule has 1 heterocycles. The van der Waals surface area contributed by atoms with Gasteiger partial charge in [0.2, 0.25) is 0 Å². The van der Waals surface area contributed by atoms with E-state index in [-0.39, 0.29) is 18.1 Å². The second-order valence-electron chi connectivity index (χ2n) is 5.00. The topological polar surface area (TPSA) is 87.7 Å². The molecule has 18 heavy (non-hydrogen) atoms. The molecule has 6 heteroatoms. The fourth-order valence-electron chi connectivity index (χ4n) is 1.97. The van der Waals surface area contributed by atoms with Gasteiger partial charge in [0.15, 0.2) is 0 Å². The van der Waals surface area contributed by atoms with Crippen LogP contribution in [0.2, 0.25) is 0 Å². The summed E-state index contributed by atoms with van der Waals surface area (Å²) in [5.41, 5.74) is -0.354. The van der Waals surface area contributed by atoms with Gasteiger partial charge < -0.3 is 20.5 Å². The van der Waals surface area contributed by atoms with E-state index in [4.69, 9.17) is 9.84 Å². The number of hydrogen-bond acceptors (Lipinski definition) is 3. The van der Waals surface area contributed by atoms with Crippen LogP contribution < -0.4 is 10.6 Å². The van der Waals surface area contributed by atoms with Crippen LogP contribution in [0.15, 0.2) is 0 Å². The number of rotatable bonds is 5. The number of aliphatic carboxylic acids is 1. The van der Waals surface area contributed by atoms with Gasteiger partial charge in [-0.2, -0.15) is 0 Å². The summed E-state index contributed by atoms with van der Waals surface area (Å²) in [6.07, 6.45) is 2.29. The number of carbonyl (C=O) groups excluding carboxylic acids is 1. The zero-order chi connectivity index (χ0) is 13.6. The summed E-state index contributed by atoms with van der Waals surface area (Å²) in [6, 6.07) is -0.331. The lowest BCUT2D eigenvalue weighted by Gasteiger charge is -2.34. The molecule has 0 aromatic carbocycles. The smallest absolute Gasteiger partial charge is 0.315 e. The van der Waals surface area contributed by atoms with Crippen LogP contribution in [-0.2, 0) is 9.53 Å². The maximum atomic E-state index is 11.7. The van der Waals surface area contributed by atoms with Crippen LogP contribution in [-0.4, -0.2) is 42.4 Å². The van der Waals surface area contributed by atoms with Crippen LogP contribution in [0.4, 0.5) is 4.79 Å². The SMILES string of the molecule is CCC(CNC(=O)NC1(C)CCCOC1)C(=O)O. The molecule has 104 valence electrons. The molecule has 0 aliphatic carbocycles. The number of amides is 2. The Hall–Kier alpha value is -1.30. The third kappa shape index (κ3) is 4.52. The highest BCUT2D eigenvalue weighted by molar-refractivity contribution is 5.76. The Kier molecular flexibility index (Phi) is 5.40. The van der Waals surface area contributed by atoms with Gasteiger partial charge in [0.1, 0.15) is 0 Å². The van der Waals surface area contributed by atoms with Crippen LogP contribution in [0.25, 0.3) is 0 Å². The van der Waals surface area contributed by atoms with Crippen molar-refractivity contribution in [3.8, 4) is 0 Å². The number of carboxylic acid groups (broad SMARTS) is 1. The van der Waals surface area contributed by atoms with Gasteiger partial charge in [0, 0.05) is 13.2 Å². The van der Waals surface area contributed by atoms with Gasteiger partial charge in [-0.1, -0.05) is 6.92 Å². The number of ether oxygens (including phenoxy) is 1. The van der Waals surface area contributed by atoms with Gasteiger partial charge in [-0.3, -0.25) is 4.79 Å². The van der Waals surface area contributed by atoms with E-state index in [0.717, 1.165) is 19.4 Å². The van der Waals surface area contributed by atoms with Crippen LogP contribution in [0.1, 0.15) is 33.1 Å². The standard InChI is InChI=1S/C12H22N2O4/c1-3-9(10(15)16)7-13-11(17)14-12(2)5-4-6-18-8-12/h9H,3-8H2,1-2H3,(H,15,16)(H2,13,14,17). The summed E-state index contributed by atoms with van der Waals surface area (Å²) in [7, 11) is 0. The molecule has 0 radical (unpaired) electrons. The lowest BCUT2D eigenvalue weighted by Crippen LogP contribution is -2.55. The second kappa shape index (κ2) is 6.58. The van der Waals surface area contributed by atoms with Crippen molar-refractivity contribution < 1.29 is 19.4 Å². The fourth-order valence-corrected chi connectivity index (χ4v) is 1.97. The van der Waals surface area contributed by atoms with Crippen molar-refractivity contribution in [2.45, 2.75) is 38.6 Å². The van der Waals surface area contributed by atoms with Gasteiger partial charge in [-0.15, -0.1) is 0 Å². The highest BCUT2D eigenvalue weighted by Gasteiger charge is 2.29. The molecule has 0 aromatic rings. The van der Waals surface area contributed by atoms with E-state index in [0.29, 0.717) is 13.0 Å². The molecule has 6 nitrogen and oxygen atoms in total. The first-order chi connectivity index (χ1) is 8.47. The van der Waals surface area contributed by atoms with Crippen LogP contribution >= 0.6 is 0 Å². The molecular weight excluding hydrogens is 236 g/mol. The van der Waals surface area contributed by atoms with Crippen molar-refractivity contribution >= 4 is 12.0 Å². The molecule has 0 bridgehead atoms. The van der Waals surface area contributed by atoms with E-state index in [1.165, 1.54) is 0 Å². The number of carbonyl (C=O) groups is 2. The third-order valence-electron chi connectivity index (χ3n) is 3.20. The Bertz CT molecular complexity index is 300. The molecule has 2 amide bonds. The predicted molar refractivity (Wildman–Crippen MR) is 66.4 cm³/mol. The van der Waals surface area contributed by atoms with Crippen molar-refractivity contribution in [1.29, 1.82) is 0 Å². The molecule has 1 fully saturated rings. The Labute approximate surface area is 107 Å². The minimum Gasteiger partial charge on any atom is -0.481 e. The second-order valence-corrected chi connectivity index (χ2v) is 5.00. The number of nitrogens with one attached hydrogen (secondary N) is 2. The van der Waals surface area contributed by atoms with Crippen molar-refractivity contribution in [2.24, 2.45) is 5.92 Å². The van der Waals surface area contributed by atoms with Crippen LogP contribution in [0.5, 0.6) is 0 Å². The lowest BCUT2D eigenvalue weighted by atomic mass is 9.95. The first-order valence-corrected chi connectivity index (χ1v) is 6.33. The van der Waals surface area contributed by atoms with Gasteiger partial charge in [-0.25, -0.2) is 4.79 Å². The van der Waals surface area contributed by atoms with Gasteiger partial charge in [-0.05, 0) is 26.2 Å². The molecule has 1 saturated heterocycles. The van der Waals surface area contributed by atoms with Gasteiger partial charge in [0.05, 0.1) is 18.1 Å². The van der Waals surface area contributed by atoms with E-state index in [2.05, 4.69) is 10.6 Å². The Morgan fingerprint density at radius 1 is 1.50 bits per heavy atom. The quantitative estimate of drug-likeness (QED) is 0.685. The third-order valence-corrected chi connectivity index (χ3v) is 3.20.